The van der Waals surface area contributed by atoms with E-state index >= 15 is 0 Å². The van der Waals surface area contributed by atoms with E-state index in [1.54, 1.807) is 20.2 Å². The number of nitrogens with zero attached hydrogens (tertiary/aromatic N) is 3. The molecule has 2 aromatic heterocycles. The average molecular weight is 340 g/mol. The standard InChI is InChI=1S/C18H20N4O3/c1-12(24-16-7-5-4-6-15(16)23-3)11-20-17-10-14(8-9-19-17)18-21-13(2)22-25-18/h4-10,12H,11H2,1-3H3,(H,19,20). The van der Waals surface area contributed by atoms with Crippen LogP contribution in [0.3, 0.4) is 0 Å². The monoisotopic (exact) mass is 340 g/mol. The Kier molecular flexibility index (Phi) is 5.13. The third-order valence-corrected chi connectivity index (χ3v) is 3.50. The lowest BCUT2D eigenvalue weighted by Gasteiger charge is -2.17. The third-order valence-electron chi connectivity index (χ3n) is 3.50. The lowest BCUT2D eigenvalue weighted by atomic mass is 10.2. The molecule has 1 aromatic carbocycles. The van der Waals surface area contributed by atoms with Crippen LogP contribution >= 0.6 is 0 Å². The second-order valence-corrected chi connectivity index (χ2v) is 5.54. The number of nitrogens with one attached hydrogen (secondary N) is 1. The predicted molar refractivity (Wildman–Crippen MR) is 93.8 cm³/mol. The van der Waals surface area contributed by atoms with E-state index in [0.29, 0.717) is 35.6 Å². The van der Waals surface area contributed by atoms with Gasteiger partial charge in [-0.25, -0.2) is 4.98 Å². The molecule has 1 atom stereocenters. The normalized spacial score (nSPS) is 11.8. The molecular formula is C18H20N4O3. The van der Waals surface area contributed by atoms with Gasteiger partial charge in [0.1, 0.15) is 11.9 Å². The Hall–Kier alpha value is -3.09. The smallest absolute Gasteiger partial charge is 0.258 e. The van der Waals surface area contributed by atoms with E-state index in [1.807, 2.05) is 43.3 Å². The molecule has 0 amide bonds. The van der Waals surface area contributed by atoms with E-state index in [4.69, 9.17) is 14.0 Å². The fraction of sp³-hybridized carbons (Fsp3) is 0.278. The Morgan fingerprint density at radius 3 is 2.72 bits per heavy atom. The first-order valence-electron chi connectivity index (χ1n) is 7.96. The van der Waals surface area contributed by atoms with Gasteiger partial charge in [0, 0.05) is 11.8 Å². The Morgan fingerprint density at radius 1 is 1.20 bits per heavy atom. The van der Waals surface area contributed by atoms with E-state index in [2.05, 4.69) is 20.4 Å². The quantitative estimate of drug-likeness (QED) is 0.706. The number of rotatable bonds is 7. The van der Waals surface area contributed by atoms with Crippen molar-refractivity contribution >= 4 is 5.82 Å². The molecule has 0 bridgehead atoms. The summed E-state index contributed by atoms with van der Waals surface area (Å²) >= 11 is 0. The summed E-state index contributed by atoms with van der Waals surface area (Å²) in [5, 5.41) is 7.05. The number of para-hydroxylation sites is 2. The van der Waals surface area contributed by atoms with Gasteiger partial charge in [0.2, 0.25) is 0 Å². The molecule has 3 rings (SSSR count). The number of anilines is 1. The summed E-state index contributed by atoms with van der Waals surface area (Å²) in [4.78, 5) is 8.52. The van der Waals surface area contributed by atoms with Crippen molar-refractivity contribution in [1.29, 1.82) is 0 Å². The van der Waals surface area contributed by atoms with E-state index in [-0.39, 0.29) is 6.10 Å². The van der Waals surface area contributed by atoms with Gasteiger partial charge < -0.3 is 19.3 Å². The largest absolute Gasteiger partial charge is 0.493 e. The minimum atomic E-state index is -0.0765. The Morgan fingerprint density at radius 2 is 2.00 bits per heavy atom. The van der Waals surface area contributed by atoms with Crippen molar-refractivity contribution in [3.8, 4) is 23.0 Å². The molecule has 0 radical (unpaired) electrons. The molecular weight excluding hydrogens is 320 g/mol. The van der Waals surface area contributed by atoms with Gasteiger partial charge in [0.25, 0.3) is 5.89 Å². The van der Waals surface area contributed by atoms with Gasteiger partial charge in [-0.05, 0) is 38.1 Å². The zero-order valence-corrected chi connectivity index (χ0v) is 14.4. The number of ether oxygens (including phenoxy) is 2. The molecule has 25 heavy (non-hydrogen) atoms. The summed E-state index contributed by atoms with van der Waals surface area (Å²) in [6, 6.07) is 11.3. The first-order chi connectivity index (χ1) is 12.2. The minimum Gasteiger partial charge on any atom is -0.493 e. The molecule has 0 aliphatic carbocycles. The minimum absolute atomic E-state index is 0.0765. The van der Waals surface area contributed by atoms with Crippen LogP contribution in [0.25, 0.3) is 11.5 Å². The molecule has 3 aromatic rings. The van der Waals surface area contributed by atoms with Crippen molar-refractivity contribution in [2.75, 3.05) is 19.0 Å². The highest BCUT2D eigenvalue weighted by atomic mass is 16.5. The van der Waals surface area contributed by atoms with Gasteiger partial charge in [-0.3, -0.25) is 0 Å². The highest BCUT2D eigenvalue weighted by Gasteiger charge is 2.10. The van der Waals surface area contributed by atoms with Crippen molar-refractivity contribution in [1.82, 2.24) is 15.1 Å². The van der Waals surface area contributed by atoms with Crippen LogP contribution in [0.15, 0.2) is 47.1 Å². The van der Waals surface area contributed by atoms with Gasteiger partial charge in [-0.15, -0.1) is 0 Å². The molecule has 0 fully saturated rings. The molecule has 2 heterocycles. The molecule has 0 spiro atoms. The van der Waals surface area contributed by atoms with Crippen molar-refractivity contribution in [2.45, 2.75) is 20.0 Å². The maximum absolute atomic E-state index is 5.92. The number of pyridine rings is 1. The Bertz CT molecular complexity index is 834. The fourth-order valence-electron chi connectivity index (χ4n) is 2.30. The van der Waals surface area contributed by atoms with Crippen molar-refractivity contribution in [3.63, 3.8) is 0 Å². The molecule has 0 aliphatic rings. The van der Waals surface area contributed by atoms with E-state index in [9.17, 15) is 0 Å². The highest BCUT2D eigenvalue weighted by Crippen LogP contribution is 2.27. The average Bonchev–Trinajstić information content (AvgIpc) is 3.07. The van der Waals surface area contributed by atoms with Crippen LogP contribution < -0.4 is 14.8 Å². The van der Waals surface area contributed by atoms with Gasteiger partial charge >= 0.3 is 0 Å². The lowest BCUT2D eigenvalue weighted by Crippen LogP contribution is -2.23. The van der Waals surface area contributed by atoms with Gasteiger partial charge in [0.15, 0.2) is 17.3 Å². The molecule has 0 saturated heterocycles. The summed E-state index contributed by atoms with van der Waals surface area (Å²) in [6.45, 7) is 4.34. The highest BCUT2D eigenvalue weighted by molar-refractivity contribution is 5.57. The van der Waals surface area contributed by atoms with Gasteiger partial charge in [-0.2, -0.15) is 4.98 Å². The Labute approximate surface area is 146 Å². The molecule has 130 valence electrons. The van der Waals surface area contributed by atoms with Crippen LogP contribution in [0.1, 0.15) is 12.7 Å². The molecule has 1 unspecified atom stereocenters. The fourth-order valence-corrected chi connectivity index (χ4v) is 2.30. The van der Waals surface area contributed by atoms with Crippen molar-refractivity contribution < 1.29 is 14.0 Å². The number of hydrogen-bond donors (Lipinski definition) is 1. The summed E-state index contributed by atoms with van der Waals surface area (Å²) in [5.41, 5.74) is 0.816. The van der Waals surface area contributed by atoms with Crippen LogP contribution in [-0.4, -0.2) is 34.9 Å². The molecule has 7 nitrogen and oxygen atoms in total. The van der Waals surface area contributed by atoms with Crippen LogP contribution in [0, 0.1) is 6.92 Å². The molecule has 0 saturated carbocycles. The lowest BCUT2D eigenvalue weighted by molar-refractivity contribution is 0.223. The molecule has 0 aliphatic heterocycles. The molecule has 1 N–H and O–H groups in total. The molecule has 7 heteroatoms. The zero-order valence-electron chi connectivity index (χ0n) is 14.4. The SMILES string of the molecule is COc1ccccc1OC(C)CNc1cc(-c2nc(C)no2)ccn1. The number of methoxy groups -OCH3 is 1. The van der Waals surface area contributed by atoms with Gasteiger partial charge in [0.05, 0.1) is 13.7 Å². The number of aryl methyl sites for hydroxylation is 1. The predicted octanol–water partition coefficient (Wildman–Crippen LogP) is 3.33. The van der Waals surface area contributed by atoms with E-state index < -0.39 is 0 Å². The number of aromatic nitrogens is 3. The van der Waals surface area contributed by atoms with Crippen LogP contribution in [0.4, 0.5) is 5.82 Å². The zero-order chi connectivity index (χ0) is 17.6. The summed E-state index contributed by atoms with van der Waals surface area (Å²) in [7, 11) is 1.62. The number of benzene rings is 1. The number of hydrogen-bond acceptors (Lipinski definition) is 7. The first kappa shape index (κ1) is 16.8. The Balaban J connectivity index is 1.61. The van der Waals surface area contributed by atoms with Crippen LogP contribution in [0.2, 0.25) is 0 Å². The summed E-state index contributed by atoms with van der Waals surface area (Å²) < 4.78 is 16.4. The van der Waals surface area contributed by atoms with Crippen molar-refractivity contribution in [3.05, 3.63) is 48.4 Å². The third kappa shape index (κ3) is 4.26. The van der Waals surface area contributed by atoms with E-state index in [1.165, 1.54) is 0 Å². The second kappa shape index (κ2) is 7.65. The van der Waals surface area contributed by atoms with Crippen molar-refractivity contribution in [2.24, 2.45) is 0 Å². The maximum Gasteiger partial charge on any atom is 0.258 e. The van der Waals surface area contributed by atoms with Crippen LogP contribution in [0.5, 0.6) is 11.5 Å². The maximum atomic E-state index is 5.92. The first-order valence-corrected chi connectivity index (χ1v) is 7.96. The van der Waals surface area contributed by atoms with Gasteiger partial charge in [-0.1, -0.05) is 17.3 Å². The summed E-state index contributed by atoms with van der Waals surface area (Å²) in [6.07, 6.45) is 1.62. The second-order valence-electron chi connectivity index (χ2n) is 5.54. The van der Waals surface area contributed by atoms with Crippen LogP contribution in [-0.2, 0) is 0 Å². The topological polar surface area (TPSA) is 82.3 Å². The summed E-state index contributed by atoms with van der Waals surface area (Å²) in [5.74, 6) is 3.20. The van der Waals surface area contributed by atoms with E-state index in [0.717, 1.165) is 5.56 Å².